The van der Waals surface area contributed by atoms with Gasteiger partial charge in [0, 0.05) is 24.8 Å². The molecule has 0 saturated heterocycles. The molecule has 0 radical (unpaired) electrons. The molecular formula is C19H22N2O3. The van der Waals surface area contributed by atoms with Crippen LogP contribution >= 0.6 is 0 Å². The molecule has 1 atom stereocenters. The van der Waals surface area contributed by atoms with Crippen LogP contribution in [0.5, 0.6) is 0 Å². The molecule has 5 heteroatoms. The van der Waals surface area contributed by atoms with Gasteiger partial charge in [-0.15, -0.1) is 0 Å². The Morgan fingerprint density at radius 2 is 1.54 bits per heavy atom. The van der Waals surface area contributed by atoms with Crippen LogP contribution in [-0.2, 0) is 4.74 Å². The second-order valence-electron chi connectivity index (χ2n) is 5.43. The second kappa shape index (κ2) is 8.84. The molecule has 0 fully saturated rings. The summed E-state index contributed by atoms with van der Waals surface area (Å²) < 4.78 is 4.88. The summed E-state index contributed by atoms with van der Waals surface area (Å²) in [4.78, 5) is 24.2. The summed E-state index contributed by atoms with van der Waals surface area (Å²) in [7, 11) is 1.58. The molecule has 5 nitrogen and oxygen atoms in total. The maximum absolute atomic E-state index is 12.3. The Morgan fingerprint density at radius 3 is 2.12 bits per heavy atom. The van der Waals surface area contributed by atoms with Gasteiger partial charge in [-0.3, -0.25) is 9.59 Å². The van der Waals surface area contributed by atoms with Gasteiger partial charge < -0.3 is 15.4 Å². The SMILES string of the molecule is COCCNC(=O)c1ccc(C(=O)NC(C)c2ccccc2)cc1. The van der Waals surface area contributed by atoms with Gasteiger partial charge >= 0.3 is 0 Å². The molecule has 126 valence electrons. The molecule has 2 aromatic carbocycles. The molecule has 0 aliphatic rings. The van der Waals surface area contributed by atoms with Crippen LogP contribution in [0.15, 0.2) is 54.6 Å². The van der Waals surface area contributed by atoms with Crippen LogP contribution in [-0.4, -0.2) is 32.1 Å². The molecule has 0 aliphatic heterocycles. The van der Waals surface area contributed by atoms with Crippen molar-refractivity contribution >= 4 is 11.8 Å². The molecule has 2 amide bonds. The highest BCUT2D eigenvalue weighted by atomic mass is 16.5. The van der Waals surface area contributed by atoms with Crippen molar-refractivity contribution in [1.82, 2.24) is 10.6 Å². The number of amides is 2. The summed E-state index contributed by atoms with van der Waals surface area (Å²) in [6, 6.07) is 16.3. The fourth-order valence-electron chi connectivity index (χ4n) is 2.25. The first kappa shape index (κ1) is 17.7. The van der Waals surface area contributed by atoms with Crippen molar-refractivity contribution in [3.63, 3.8) is 0 Å². The van der Waals surface area contributed by atoms with Crippen LogP contribution in [0.2, 0.25) is 0 Å². The van der Waals surface area contributed by atoms with Crippen LogP contribution in [0.4, 0.5) is 0 Å². The number of hydrogen-bond donors (Lipinski definition) is 2. The monoisotopic (exact) mass is 326 g/mol. The average molecular weight is 326 g/mol. The molecule has 1 unspecified atom stereocenters. The fourth-order valence-corrected chi connectivity index (χ4v) is 2.25. The van der Waals surface area contributed by atoms with E-state index in [1.165, 1.54) is 0 Å². The quantitative estimate of drug-likeness (QED) is 0.769. The van der Waals surface area contributed by atoms with Crippen molar-refractivity contribution in [2.75, 3.05) is 20.3 Å². The minimum atomic E-state index is -0.184. The lowest BCUT2D eigenvalue weighted by molar-refractivity contribution is 0.0926. The molecule has 2 rings (SSSR count). The summed E-state index contributed by atoms with van der Waals surface area (Å²) in [6.45, 7) is 2.85. The van der Waals surface area contributed by atoms with Crippen molar-refractivity contribution < 1.29 is 14.3 Å². The van der Waals surface area contributed by atoms with E-state index in [1.54, 1.807) is 31.4 Å². The predicted molar refractivity (Wildman–Crippen MR) is 93.0 cm³/mol. The van der Waals surface area contributed by atoms with Gasteiger partial charge in [0.1, 0.15) is 0 Å². The van der Waals surface area contributed by atoms with Crippen LogP contribution in [0.1, 0.15) is 39.2 Å². The molecule has 0 spiro atoms. The van der Waals surface area contributed by atoms with Crippen LogP contribution in [0, 0.1) is 0 Å². The first-order chi connectivity index (χ1) is 11.6. The van der Waals surface area contributed by atoms with Gasteiger partial charge in [-0.1, -0.05) is 30.3 Å². The molecule has 0 aromatic heterocycles. The number of hydrogen-bond acceptors (Lipinski definition) is 3. The minimum absolute atomic E-state index is 0.0873. The van der Waals surface area contributed by atoms with Gasteiger partial charge in [0.25, 0.3) is 11.8 Å². The summed E-state index contributed by atoms with van der Waals surface area (Å²) in [5.74, 6) is -0.352. The number of carbonyl (C=O) groups is 2. The summed E-state index contributed by atoms with van der Waals surface area (Å²) in [6.07, 6.45) is 0. The lowest BCUT2D eigenvalue weighted by Crippen LogP contribution is -2.28. The normalized spacial score (nSPS) is 11.6. The highest BCUT2D eigenvalue weighted by Crippen LogP contribution is 2.13. The molecule has 2 aromatic rings. The van der Waals surface area contributed by atoms with Crippen LogP contribution < -0.4 is 10.6 Å². The van der Waals surface area contributed by atoms with Crippen molar-refractivity contribution in [1.29, 1.82) is 0 Å². The van der Waals surface area contributed by atoms with Gasteiger partial charge in [0.15, 0.2) is 0 Å². The molecule has 0 bridgehead atoms. The van der Waals surface area contributed by atoms with E-state index in [0.29, 0.717) is 24.3 Å². The Hall–Kier alpha value is -2.66. The third-order valence-corrected chi connectivity index (χ3v) is 3.65. The summed E-state index contributed by atoms with van der Waals surface area (Å²) in [5, 5.41) is 5.68. The lowest BCUT2D eigenvalue weighted by Gasteiger charge is -2.14. The zero-order valence-electron chi connectivity index (χ0n) is 13.9. The van der Waals surface area contributed by atoms with Crippen molar-refractivity contribution in [2.45, 2.75) is 13.0 Å². The Kier molecular flexibility index (Phi) is 6.51. The van der Waals surface area contributed by atoms with E-state index < -0.39 is 0 Å². The van der Waals surface area contributed by atoms with E-state index in [4.69, 9.17) is 4.74 Å². The van der Waals surface area contributed by atoms with Crippen LogP contribution in [0.25, 0.3) is 0 Å². The van der Waals surface area contributed by atoms with E-state index in [9.17, 15) is 9.59 Å². The zero-order chi connectivity index (χ0) is 17.4. The Morgan fingerprint density at radius 1 is 0.958 bits per heavy atom. The number of nitrogens with one attached hydrogen (secondary N) is 2. The standard InChI is InChI=1S/C19H22N2O3/c1-14(15-6-4-3-5-7-15)21-19(23)17-10-8-16(9-11-17)18(22)20-12-13-24-2/h3-11,14H,12-13H2,1-2H3,(H,20,22)(H,21,23). The van der Waals surface area contributed by atoms with E-state index in [1.807, 2.05) is 37.3 Å². The van der Waals surface area contributed by atoms with Gasteiger partial charge in [-0.2, -0.15) is 0 Å². The summed E-state index contributed by atoms with van der Waals surface area (Å²) in [5.41, 5.74) is 2.07. The summed E-state index contributed by atoms with van der Waals surface area (Å²) >= 11 is 0. The van der Waals surface area contributed by atoms with Gasteiger partial charge in [-0.25, -0.2) is 0 Å². The van der Waals surface area contributed by atoms with E-state index >= 15 is 0 Å². The second-order valence-corrected chi connectivity index (χ2v) is 5.43. The molecule has 24 heavy (non-hydrogen) atoms. The number of benzene rings is 2. The Labute approximate surface area is 142 Å². The third kappa shape index (κ3) is 4.93. The maximum Gasteiger partial charge on any atom is 0.251 e. The van der Waals surface area contributed by atoms with Gasteiger partial charge in [0.2, 0.25) is 0 Å². The smallest absolute Gasteiger partial charge is 0.251 e. The Balaban J connectivity index is 1.95. The molecule has 0 aliphatic carbocycles. The van der Waals surface area contributed by atoms with Crippen molar-refractivity contribution in [2.24, 2.45) is 0 Å². The number of carbonyl (C=O) groups excluding carboxylic acids is 2. The maximum atomic E-state index is 12.3. The molecule has 0 heterocycles. The largest absolute Gasteiger partial charge is 0.383 e. The first-order valence-electron chi connectivity index (χ1n) is 7.85. The number of rotatable bonds is 7. The topological polar surface area (TPSA) is 67.4 Å². The minimum Gasteiger partial charge on any atom is -0.383 e. The highest BCUT2D eigenvalue weighted by molar-refractivity contribution is 5.97. The van der Waals surface area contributed by atoms with E-state index in [0.717, 1.165) is 5.56 Å². The molecule has 0 saturated carbocycles. The predicted octanol–water partition coefficient (Wildman–Crippen LogP) is 2.55. The number of methoxy groups -OCH3 is 1. The Bertz CT molecular complexity index is 669. The zero-order valence-corrected chi connectivity index (χ0v) is 13.9. The molecule has 2 N–H and O–H groups in total. The van der Waals surface area contributed by atoms with Crippen LogP contribution in [0.3, 0.4) is 0 Å². The molecular weight excluding hydrogens is 304 g/mol. The van der Waals surface area contributed by atoms with Gasteiger partial charge in [0.05, 0.1) is 12.6 Å². The van der Waals surface area contributed by atoms with Crippen molar-refractivity contribution in [3.8, 4) is 0 Å². The lowest BCUT2D eigenvalue weighted by atomic mass is 10.1. The van der Waals surface area contributed by atoms with Gasteiger partial charge in [-0.05, 0) is 36.8 Å². The third-order valence-electron chi connectivity index (χ3n) is 3.65. The highest BCUT2D eigenvalue weighted by Gasteiger charge is 2.12. The van der Waals surface area contributed by atoms with E-state index in [2.05, 4.69) is 10.6 Å². The average Bonchev–Trinajstić information content (AvgIpc) is 2.62. The number of ether oxygens (including phenoxy) is 1. The fraction of sp³-hybridized carbons (Fsp3) is 0.263. The van der Waals surface area contributed by atoms with E-state index in [-0.39, 0.29) is 17.9 Å². The first-order valence-corrected chi connectivity index (χ1v) is 7.85. The van der Waals surface area contributed by atoms with Crippen molar-refractivity contribution in [3.05, 3.63) is 71.3 Å².